The van der Waals surface area contributed by atoms with E-state index in [2.05, 4.69) is 22.1 Å². The number of urea groups is 1. The molecule has 2 heterocycles. The van der Waals surface area contributed by atoms with Gasteiger partial charge >= 0.3 is 6.03 Å². The minimum Gasteiger partial charge on any atom is -0.348 e. The molecule has 1 aromatic heterocycles. The molecule has 4 nitrogen and oxygen atoms in total. The van der Waals surface area contributed by atoms with Crippen molar-refractivity contribution in [3.63, 3.8) is 0 Å². The Morgan fingerprint density at radius 1 is 0.960 bits per heavy atom. The molecule has 4 rings (SSSR count). The van der Waals surface area contributed by atoms with Crippen molar-refractivity contribution < 1.29 is 4.79 Å². The number of nitrogens with zero attached hydrogens (tertiary/aromatic N) is 2. The number of para-hydroxylation sites is 1. The maximum Gasteiger partial charge on any atom is 0.322 e. The van der Waals surface area contributed by atoms with E-state index in [9.17, 15) is 4.79 Å². The predicted octanol–water partition coefficient (Wildman–Crippen LogP) is 4.78. The van der Waals surface area contributed by atoms with Gasteiger partial charge in [0.1, 0.15) is 0 Å². The first-order valence-corrected chi connectivity index (χ1v) is 8.63. The van der Waals surface area contributed by atoms with E-state index >= 15 is 0 Å². The van der Waals surface area contributed by atoms with Crippen LogP contribution in [-0.4, -0.2) is 22.0 Å². The third-order valence-corrected chi connectivity index (χ3v) is 4.76. The van der Waals surface area contributed by atoms with Crippen LogP contribution in [0.2, 0.25) is 5.02 Å². The first-order chi connectivity index (χ1) is 12.2. The molecule has 126 valence electrons. The molecule has 2 amide bonds. The van der Waals surface area contributed by atoms with Crippen LogP contribution in [0.15, 0.2) is 72.9 Å². The molecule has 1 aliphatic rings. The van der Waals surface area contributed by atoms with E-state index in [4.69, 9.17) is 11.6 Å². The van der Waals surface area contributed by atoms with E-state index in [0.29, 0.717) is 11.6 Å². The molecule has 1 aliphatic heterocycles. The molecule has 0 saturated carbocycles. The monoisotopic (exact) mass is 351 g/mol. The number of amides is 2. The van der Waals surface area contributed by atoms with Crippen LogP contribution in [0, 0.1) is 0 Å². The van der Waals surface area contributed by atoms with Gasteiger partial charge in [0.05, 0.1) is 6.04 Å². The number of benzene rings is 2. The number of carbonyl (C=O) groups excluding carboxylic acids is 1. The van der Waals surface area contributed by atoms with Gasteiger partial charge in [-0.25, -0.2) is 4.79 Å². The Balaban J connectivity index is 1.68. The number of rotatable bonds is 2. The van der Waals surface area contributed by atoms with E-state index in [1.54, 1.807) is 0 Å². The summed E-state index contributed by atoms with van der Waals surface area (Å²) in [6.45, 7) is 1.43. The Morgan fingerprint density at radius 2 is 1.72 bits per heavy atom. The average Bonchev–Trinajstić information content (AvgIpc) is 3.11. The molecular weight excluding hydrogens is 334 g/mol. The second-order valence-electron chi connectivity index (χ2n) is 6.07. The summed E-state index contributed by atoms with van der Waals surface area (Å²) in [4.78, 5) is 14.8. The number of fused-ring (bicyclic) bond motifs is 1. The van der Waals surface area contributed by atoms with Gasteiger partial charge in [-0.05, 0) is 42.0 Å². The van der Waals surface area contributed by atoms with E-state index in [1.165, 1.54) is 0 Å². The van der Waals surface area contributed by atoms with Crippen LogP contribution in [0.1, 0.15) is 17.3 Å². The first-order valence-electron chi connectivity index (χ1n) is 8.25. The summed E-state index contributed by atoms with van der Waals surface area (Å²) in [6, 6.07) is 21.1. The van der Waals surface area contributed by atoms with Crippen molar-refractivity contribution in [1.82, 2.24) is 9.47 Å². The van der Waals surface area contributed by atoms with Crippen LogP contribution < -0.4 is 5.32 Å². The second kappa shape index (κ2) is 6.65. The summed E-state index contributed by atoms with van der Waals surface area (Å²) < 4.78 is 2.20. The first kappa shape index (κ1) is 15.8. The zero-order chi connectivity index (χ0) is 17.2. The quantitative estimate of drug-likeness (QED) is 0.709. The Kier molecular flexibility index (Phi) is 4.20. The zero-order valence-electron chi connectivity index (χ0n) is 13.6. The van der Waals surface area contributed by atoms with Crippen molar-refractivity contribution in [1.29, 1.82) is 0 Å². The van der Waals surface area contributed by atoms with Crippen LogP contribution in [-0.2, 0) is 6.54 Å². The van der Waals surface area contributed by atoms with Gasteiger partial charge in [0.2, 0.25) is 0 Å². The number of anilines is 1. The Bertz CT molecular complexity index is 873. The van der Waals surface area contributed by atoms with Gasteiger partial charge in [-0.1, -0.05) is 41.9 Å². The van der Waals surface area contributed by atoms with Gasteiger partial charge in [-0.15, -0.1) is 0 Å². The summed E-state index contributed by atoms with van der Waals surface area (Å²) in [6.07, 6.45) is 2.06. The minimum atomic E-state index is -0.135. The van der Waals surface area contributed by atoms with E-state index in [0.717, 1.165) is 23.5 Å². The minimum absolute atomic E-state index is 0.0985. The number of hydrogen-bond acceptors (Lipinski definition) is 1. The lowest BCUT2D eigenvalue weighted by Crippen LogP contribution is -2.44. The van der Waals surface area contributed by atoms with Gasteiger partial charge in [-0.2, -0.15) is 0 Å². The Hall–Kier alpha value is -2.72. The van der Waals surface area contributed by atoms with Crippen molar-refractivity contribution in [2.75, 3.05) is 11.9 Å². The van der Waals surface area contributed by atoms with Gasteiger partial charge in [0.25, 0.3) is 0 Å². The molecule has 25 heavy (non-hydrogen) atoms. The number of aromatic nitrogens is 1. The molecule has 1 N–H and O–H groups in total. The lowest BCUT2D eigenvalue weighted by atomic mass is 10.0. The van der Waals surface area contributed by atoms with E-state index in [-0.39, 0.29) is 12.1 Å². The van der Waals surface area contributed by atoms with E-state index in [1.807, 2.05) is 65.6 Å². The zero-order valence-corrected chi connectivity index (χ0v) is 14.4. The van der Waals surface area contributed by atoms with Crippen molar-refractivity contribution in [2.45, 2.75) is 12.6 Å². The highest BCUT2D eigenvalue weighted by Gasteiger charge is 2.32. The van der Waals surface area contributed by atoms with Crippen LogP contribution in [0.3, 0.4) is 0 Å². The lowest BCUT2D eigenvalue weighted by Gasteiger charge is -2.37. The third kappa shape index (κ3) is 3.13. The highest BCUT2D eigenvalue weighted by molar-refractivity contribution is 6.30. The molecule has 2 aromatic carbocycles. The maximum absolute atomic E-state index is 12.9. The van der Waals surface area contributed by atoms with Gasteiger partial charge in [0.15, 0.2) is 0 Å². The Labute approximate surface area is 151 Å². The highest BCUT2D eigenvalue weighted by Crippen LogP contribution is 2.33. The van der Waals surface area contributed by atoms with Crippen LogP contribution in [0.5, 0.6) is 0 Å². The fourth-order valence-corrected chi connectivity index (χ4v) is 3.44. The van der Waals surface area contributed by atoms with Crippen LogP contribution >= 0.6 is 11.6 Å². The van der Waals surface area contributed by atoms with Crippen molar-refractivity contribution in [2.24, 2.45) is 0 Å². The van der Waals surface area contributed by atoms with Gasteiger partial charge in [0, 0.05) is 35.7 Å². The molecule has 0 radical (unpaired) electrons. The molecule has 0 aliphatic carbocycles. The predicted molar refractivity (Wildman–Crippen MR) is 99.9 cm³/mol. The van der Waals surface area contributed by atoms with Crippen molar-refractivity contribution in [3.05, 3.63) is 89.2 Å². The maximum atomic E-state index is 12.9. The number of hydrogen-bond donors (Lipinski definition) is 1. The lowest BCUT2D eigenvalue weighted by molar-refractivity contribution is 0.182. The molecule has 0 unspecified atom stereocenters. The number of nitrogens with one attached hydrogen (secondary N) is 1. The highest BCUT2D eigenvalue weighted by atomic mass is 35.5. The standard InChI is InChI=1S/C20H18ClN3O/c21-16-10-8-15(9-11-16)19-18-7-4-12-23(18)13-14-24(19)20(25)22-17-5-2-1-3-6-17/h1-12,19H,13-14H2,(H,22,25)/t19-/m0/s1. The summed E-state index contributed by atoms with van der Waals surface area (Å²) >= 11 is 6.04. The smallest absolute Gasteiger partial charge is 0.322 e. The van der Waals surface area contributed by atoms with Crippen molar-refractivity contribution >= 4 is 23.3 Å². The molecule has 1 atom stereocenters. The number of carbonyl (C=O) groups is 1. The SMILES string of the molecule is O=C(Nc1ccccc1)N1CCn2cccc2[C@@H]1c1ccc(Cl)cc1. The fourth-order valence-electron chi connectivity index (χ4n) is 3.31. The topological polar surface area (TPSA) is 37.3 Å². The molecule has 0 spiro atoms. The van der Waals surface area contributed by atoms with Gasteiger partial charge < -0.3 is 14.8 Å². The molecule has 0 fully saturated rings. The molecular formula is C20H18ClN3O. The Morgan fingerprint density at radius 3 is 2.48 bits per heavy atom. The molecule has 5 heteroatoms. The second-order valence-corrected chi connectivity index (χ2v) is 6.51. The largest absolute Gasteiger partial charge is 0.348 e. The third-order valence-electron chi connectivity index (χ3n) is 4.51. The fraction of sp³-hybridized carbons (Fsp3) is 0.150. The van der Waals surface area contributed by atoms with Crippen molar-refractivity contribution in [3.8, 4) is 0 Å². The summed E-state index contributed by atoms with van der Waals surface area (Å²) in [5.74, 6) is 0. The number of halogens is 1. The normalized spacial score (nSPS) is 16.4. The summed E-state index contributed by atoms with van der Waals surface area (Å²) in [5.41, 5.74) is 2.95. The molecule has 0 saturated heterocycles. The van der Waals surface area contributed by atoms with E-state index < -0.39 is 0 Å². The van der Waals surface area contributed by atoms with Crippen LogP contribution in [0.25, 0.3) is 0 Å². The summed E-state index contributed by atoms with van der Waals surface area (Å²) in [5, 5.41) is 3.69. The summed E-state index contributed by atoms with van der Waals surface area (Å²) in [7, 11) is 0. The van der Waals surface area contributed by atoms with Gasteiger partial charge in [-0.3, -0.25) is 0 Å². The van der Waals surface area contributed by atoms with Crippen LogP contribution in [0.4, 0.5) is 10.5 Å². The molecule has 0 bridgehead atoms. The molecule has 3 aromatic rings. The average molecular weight is 352 g/mol.